The highest BCUT2D eigenvalue weighted by Crippen LogP contribution is 2.17. The van der Waals surface area contributed by atoms with E-state index < -0.39 is 17.6 Å². The van der Waals surface area contributed by atoms with Gasteiger partial charge in [-0.25, -0.2) is 4.79 Å². The molecule has 18 heavy (non-hydrogen) atoms. The Kier molecular flexibility index (Phi) is 4.47. The molecule has 0 fully saturated rings. The van der Waals surface area contributed by atoms with Gasteiger partial charge < -0.3 is 10.1 Å². The molecule has 0 aliphatic rings. The number of alkyl carbamates (subject to hydrolysis) is 1. The summed E-state index contributed by atoms with van der Waals surface area (Å²) in [6, 6.07) is 1.11. The summed E-state index contributed by atoms with van der Waals surface area (Å²) in [5, 5.41) is 6.57. The molecule has 1 atom stereocenters. The molecule has 0 aliphatic heterocycles. The second kappa shape index (κ2) is 5.66. The molecule has 0 unspecified atom stereocenters. The summed E-state index contributed by atoms with van der Waals surface area (Å²) in [6.45, 7) is 5.72. The Morgan fingerprint density at radius 2 is 2.11 bits per heavy atom. The molecule has 6 nitrogen and oxygen atoms in total. The number of aromatic nitrogens is 2. The summed E-state index contributed by atoms with van der Waals surface area (Å²) in [5.74, 6) is -0.0663. The molecule has 0 spiro atoms. The second-order valence-electron chi connectivity index (χ2n) is 5.03. The second-order valence-corrected chi connectivity index (χ2v) is 5.03. The largest absolute Gasteiger partial charge is 0.453 e. The van der Waals surface area contributed by atoms with Crippen molar-refractivity contribution in [2.24, 2.45) is 5.41 Å². The van der Waals surface area contributed by atoms with Gasteiger partial charge in [-0.3, -0.25) is 9.48 Å². The summed E-state index contributed by atoms with van der Waals surface area (Å²) < 4.78 is 6.13. The summed E-state index contributed by atoms with van der Waals surface area (Å²) in [4.78, 5) is 23.5. The van der Waals surface area contributed by atoms with Crippen LogP contribution in [0, 0.1) is 5.41 Å². The number of nitrogens with one attached hydrogen (secondary N) is 1. The molecule has 0 aliphatic carbocycles. The molecule has 0 aromatic carbocycles. The van der Waals surface area contributed by atoms with Crippen LogP contribution < -0.4 is 5.32 Å². The maximum atomic E-state index is 12.2. The van der Waals surface area contributed by atoms with E-state index in [-0.39, 0.29) is 12.3 Å². The molecule has 0 saturated carbocycles. The highest BCUT2D eigenvalue weighted by Gasteiger charge is 2.31. The minimum atomic E-state index is -0.655. The molecular weight excluding hydrogens is 234 g/mol. The Bertz CT molecular complexity index is 407. The Morgan fingerprint density at radius 3 is 2.56 bits per heavy atom. The molecule has 1 aromatic heterocycles. The van der Waals surface area contributed by atoms with Crippen molar-refractivity contribution in [1.29, 1.82) is 0 Å². The molecule has 1 N–H and O–H groups in total. The molecule has 1 heterocycles. The average molecular weight is 253 g/mol. The molecular formula is C12H19N3O3. The third-order valence-electron chi connectivity index (χ3n) is 2.46. The normalized spacial score (nSPS) is 12.9. The van der Waals surface area contributed by atoms with Crippen LogP contribution in [0.25, 0.3) is 0 Å². The molecule has 0 bridgehead atoms. The molecule has 0 saturated heterocycles. The molecule has 0 radical (unpaired) electrons. The van der Waals surface area contributed by atoms with Gasteiger partial charge in [0.25, 0.3) is 0 Å². The fourth-order valence-electron chi connectivity index (χ4n) is 1.51. The van der Waals surface area contributed by atoms with E-state index in [2.05, 4.69) is 15.2 Å². The summed E-state index contributed by atoms with van der Waals surface area (Å²) in [5.41, 5.74) is -0.543. The van der Waals surface area contributed by atoms with Crippen molar-refractivity contribution in [3.63, 3.8) is 0 Å². The maximum absolute atomic E-state index is 12.2. The van der Waals surface area contributed by atoms with E-state index in [1.165, 1.54) is 7.11 Å². The Labute approximate surface area is 106 Å². The Hall–Kier alpha value is -1.85. The van der Waals surface area contributed by atoms with Gasteiger partial charge in [0.15, 0.2) is 5.78 Å². The van der Waals surface area contributed by atoms with E-state index in [9.17, 15) is 9.59 Å². The first-order valence-electron chi connectivity index (χ1n) is 5.71. The number of rotatable bonds is 4. The van der Waals surface area contributed by atoms with Crippen LogP contribution in [0.2, 0.25) is 0 Å². The third-order valence-corrected chi connectivity index (χ3v) is 2.46. The monoisotopic (exact) mass is 253 g/mol. The fraction of sp³-hybridized carbons (Fsp3) is 0.583. The quantitative estimate of drug-likeness (QED) is 0.875. The predicted molar refractivity (Wildman–Crippen MR) is 66.0 cm³/mol. The van der Waals surface area contributed by atoms with Gasteiger partial charge in [0.1, 0.15) is 6.04 Å². The third kappa shape index (κ3) is 3.87. The predicted octanol–water partition coefficient (Wildman–Crippen LogP) is 1.22. The molecule has 1 rings (SSSR count). The van der Waals surface area contributed by atoms with Crippen molar-refractivity contribution in [3.05, 3.63) is 18.5 Å². The van der Waals surface area contributed by atoms with Crippen molar-refractivity contribution < 1.29 is 14.3 Å². The number of hydrogen-bond acceptors (Lipinski definition) is 4. The summed E-state index contributed by atoms with van der Waals surface area (Å²) in [7, 11) is 1.27. The lowest BCUT2D eigenvalue weighted by Gasteiger charge is -2.24. The van der Waals surface area contributed by atoms with Crippen molar-refractivity contribution in [2.75, 3.05) is 7.11 Å². The van der Waals surface area contributed by atoms with Crippen LogP contribution >= 0.6 is 0 Å². The minimum absolute atomic E-state index is 0.0663. The fourth-order valence-corrected chi connectivity index (χ4v) is 1.51. The number of amides is 1. The van der Waals surface area contributed by atoms with E-state index >= 15 is 0 Å². The van der Waals surface area contributed by atoms with Crippen LogP contribution in [0.15, 0.2) is 18.5 Å². The summed E-state index contributed by atoms with van der Waals surface area (Å²) in [6.07, 6.45) is 2.74. The smallest absolute Gasteiger partial charge is 0.407 e. The first-order chi connectivity index (χ1) is 8.34. The maximum Gasteiger partial charge on any atom is 0.407 e. The van der Waals surface area contributed by atoms with Crippen LogP contribution in [0.5, 0.6) is 0 Å². The van der Waals surface area contributed by atoms with Gasteiger partial charge in [0.05, 0.1) is 13.7 Å². The highest BCUT2D eigenvalue weighted by atomic mass is 16.5. The first-order valence-corrected chi connectivity index (χ1v) is 5.71. The van der Waals surface area contributed by atoms with E-state index in [1.54, 1.807) is 23.1 Å². The molecule has 1 amide bonds. The highest BCUT2D eigenvalue weighted by molar-refractivity contribution is 5.91. The lowest BCUT2D eigenvalue weighted by Crippen LogP contribution is -2.48. The van der Waals surface area contributed by atoms with Crippen LogP contribution in [-0.2, 0) is 16.1 Å². The van der Waals surface area contributed by atoms with E-state index in [4.69, 9.17) is 0 Å². The molecule has 100 valence electrons. The van der Waals surface area contributed by atoms with Gasteiger partial charge in [0.2, 0.25) is 0 Å². The zero-order valence-electron chi connectivity index (χ0n) is 11.1. The average Bonchev–Trinajstić information content (AvgIpc) is 2.78. The van der Waals surface area contributed by atoms with Crippen LogP contribution in [0.4, 0.5) is 4.79 Å². The number of hydrogen-bond donors (Lipinski definition) is 1. The van der Waals surface area contributed by atoms with Gasteiger partial charge >= 0.3 is 6.09 Å². The lowest BCUT2D eigenvalue weighted by atomic mass is 9.86. The number of nitrogens with zero attached hydrogens (tertiary/aromatic N) is 2. The SMILES string of the molecule is COC(=O)N[C@@H](Cn1cccn1)C(=O)C(C)(C)C. The van der Waals surface area contributed by atoms with Crippen LogP contribution in [0.1, 0.15) is 20.8 Å². The van der Waals surface area contributed by atoms with Gasteiger partial charge in [-0.15, -0.1) is 0 Å². The van der Waals surface area contributed by atoms with E-state index in [0.29, 0.717) is 0 Å². The number of methoxy groups -OCH3 is 1. The van der Waals surface area contributed by atoms with Gasteiger partial charge in [-0.05, 0) is 6.07 Å². The zero-order valence-corrected chi connectivity index (χ0v) is 11.1. The summed E-state index contributed by atoms with van der Waals surface area (Å²) >= 11 is 0. The van der Waals surface area contributed by atoms with Crippen molar-refractivity contribution in [1.82, 2.24) is 15.1 Å². The molecule has 1 aromatic rings. The van der Waals surface area contributed by atoms with Crippen molar-refractivity contribution >= 4 is 11.9 Å². The number of ether oxygens (including phenoxy) is 1. The van der Waals surface area contributed by atoms with Crippen molar-refractivity contribution in [2.45, 2.75) is 33.4 Å². The van der Waals surface area contributed by atoms with E-state index in [0.717, 1.165) is 0 Å². The number of carbonyl (C=O) groups is 2. The topological polar surface area (TPSA) is 73.2 Å². The standard InChI is InChI=1S/C12H19N3O3/c1-12(2,3)10(16)9(14-11(17)18-4)8-15-7-5-6-13-15/h5-7,9H,8H2,1-4H3,(H,14,17)/t9-/m0/s1. The lowest BCUT2D eigenvalue weighted by molar-refractivity contribution is -0.128. The number of Topliss-reactive ketones (excluding diaryl/α,β-unsaturated/α-hetero) is 1. The number of ketones is 1. The van der Waals surface area contributed by atoms with Crippen molar-refractivity contribution in [3.8, 4) is 0 Å². The number of carbonyl (C=O) groups excluding carboxylic acids is 2. The first kappa shape index (κ1) is 14.2. The Balaban J connectivity index is 2.81. The van der Waals surface area contributed by atoms with Gasteiger partial charge in [-0.2, -0.15) is 5.10 Å². The van der Waals surface area contributed by atoms with E-state index in [1.807, 2.05) is 20.8 Å². The van der Waals surface area contributed by atoms with Gasteiger partial charge in [-0.1, -0.05) is 20.8 Å². The van der Waals surface area contributed by atoms with Gasteiger partial charge in [0, 0.05) is 17.8 Å². The Morgan fingerprint density at radius 1 is 1.44 bits per heavy atom. The molecule has 6 heteroatoms. The van der Waals surface area contributed by atoms with Crippen LogP contribution in [0.3, 0.4) is 0 Å². The zero-order chi connectivity index (χ0) is 13.8. The van der Waals surface area contributed by atoms with Crippen LogP contribution in [-0.4, -0.2) is 34.8 Å². The minimum Gasteiger partial charge on any atom is -0.453 e.